The Hall–Kier alpha value is -0.480. The van der Waals surface area contributed by atoms with Gasteiger partial charge in [-0.2, -0.15) is 0 Å². The van der Waals surface area contributed by atoms with Gasteiger partial charge in [-0.15, -0.1) is 11.8 Å². The van der Waals surface area contributed by atoms with Crippen molar-refractivity contribution in [3.05, 3.63) is 11.5 Å². The van der Waals surface area contributed by atoms with Crippen molar-refractivity contribution in [2.45, 2.75) is 44.0 Å². The molecule has 0 saturated carbocycles. The molecule has 2 unspecified atom stereocenters. The lowest BCUT2D eigenvalue weighted by atomic mass is 10.2. The number of unbranched alkanes of at least 4 members (excludes halogenated alkanes) is 3. The van der Waals surface area contributed by atoms with Gasteiger partial charge in [0.05, 0.1) is 12.7 Å². The summed E-state index contributed by atoms with van der Waals surface area (Å²) in [5, 5.41) is 10.7. The van der Waals surface area contributed by atoms with Crippen molar-refractivity contribution in [1.29, 1.82) is 0 Å². The van der Waals surface area contributed by atoms with Crippen LogP contribution in [0, 0.1) is 0 Å². The highest BCUT2D eigenvalue weighted by Gasteiger charge is 2.29. The Morgan fingerprint density at radius 3 is 2.87 bits per heavy atom. The van der Waals surface area contributed by atoms with E-state index in [4.69, 9.17) is 4.74 Å². The van der Waals surface area contributed by atoms with E-state index >= 15 is 0 Å². The normalized spacial score (nSPS) is 24.4. The molecule has 0 amide bonds. The Balaban J connectivity index is 2.08. The van der Waals surface area contributed by atoms with Crippen LogP contribution in [0.5, 0.6) is 0 Å². The molecule has 0 aromatic rings. The molecule has 0 aromatic carbocycles. The van der Waals surface area contributed by atoms with Gasteiger partial charge in [0, 0.05) is 0 Å². The molecule has 0 spiro atoms. The Morgan fingerprint density at radius 2 is 2.27 bits per heavy atom. The van der Waals surface area contributed by atoms with Crippen LogP contribution in [-0.4, -0.2) is 29.0 Å². The van der Waals surface area contributed by atoms with Crippen molar-refractivity contribution in [2.24, 2.45) is 0 Å². The first-order chi connectivity index (χ1) is 7.25. The average molecular weight is 230 g/mol. The molecule has 0 radical (unpaired) electrons. The maximum Gasteiger partial charge on any atom is 0.322 e. The summed E-state index contributed by atoms with van der Waals surface area (Å²) in [6.07, 6.45) is 5.31. The zero-order chi connectivity index (χ0) is 11.1. The second-order valence-corrected chi connectivity index (χ2v) is 4.66. The molecule has 0 aromatic heterocycles. The highest BCUT2D eigenvalue weighted by Crippen LogP contribution is 2.25. The van der Waals surface area contributed by atoms with E-state index in [1.807, 2.05) is 0 Å². The molecular weight excluding hydrogens is 212 g/mol. The Labute approximate surface area is 94.9 Å². The number of esters is 1. The fourth-order valence-electron chi connectivity index (χ4n) is 1.37. The van der Waals surface area contributed by atoms with Crippen molar-refractivity contribution in [3.63, 3.8) is 0 Å². The third-order valence-corrected chi connectivity index (χ3v) is 3.36. The Bertz CT molecular complexity index is 228. The highest BCUT2D eigenvalue weighted by molar-refractivity contribution is 8.03. The molecule has 1 N–H and O–H groups in total. The van der Waals surface area contributed by atoms with Crippen LogP contribution in [0.4, 0.5) is 0 Å². The number of thioether (sulfide) groups is 1. The lowest BCUT2D eigenvalue weighted by Crippen LogP contribution is -2.28. The molecule has 1 rings (SSSR count). The Kier molecular flexibility index (Phi) is 5.79. The van der Waals surface area contributed by atoms with E-state index in [1.165, 1.54) is 24.6 Å². The minimum atomic E-state index is -0.682. The molecule has 0 bridgehead atoms. The van der Waals surface area contributed by atoms with Gasteiger partial charge in [0.25, 0.3) is 0 Å². The molecule has 1 heterocycles. The minimum Gasteiger partial charge on any atom is -0.465 e. The van der Waals surface area contributed by atoms with Crippen LogP contribution in [-0.2, 0) is 9.53 Å². The summed E-state index contributed by atoms with van der Waals surface area (Å²) in [6, 6.07) is 0. The van der Waals surface area contributed by atoms with E-state index in [1.54, 1.807) is 11.5 Å². The quantitative estimate of drug-likeness (QED) is 0.560. The molecule has 3 nitrogen and oxygen atoms in total. The van der Waals surface area contributed by atoms with Gasteiger partial charge in [-0.3, -0.25) is 4.79 Å². The van der Waals surface area contributed by atoms with Crippen molar-refractivity contribution in [3.8, 4) is 0 Å². The number of carbonyl (C=O) groups excluding carboxylic acids is 1. The molecule has 86 valence electrons. The van der Waals surface area contributed by atoms with Crippen LogP contribution in [0.15, 0.2) is 11.5 Å². The lowest BCUT2D eigenvalue weighted by molar-refractivity contribution is -0.144. The first kappa shape index (κ1) is 12.6. The summed E-state index contributed by atoms with van der Waals surface area (Å²) in [6.45, 7) is 2.62. The predicted molar refractivity (Wildman–Crippen MR) is 61.6 cm³/mol. The number of hydrogen-bond donors (Lipinski definition) is 1. The van der Waals surface area contributed by atoms with E-state index in [9.17, 15) is 9.90 Å². The number of hydrogen-bond acceptors (Lipinski definition) is 4. The maximum absolute atomic E-state index is 11.4. The van der Waals surface area contributed by atoms with Crippen molar-refractivity contribution < 1.29 is 14.6 Å². The summed E-state index contributed by atoms with van der Waals surface area (Å²) < 4.78 is 5.08. The van der Waals surface area contributed by atoms with Crippen LogP contribution in [0.2, 0.25) is 0 Å². The van der Waals surface area contributed by atoms with Crippen LogP contribution in [0.1, 0.15) is 32.6 Å². The summed E-state index contributed by atoms with van der Waals surface area (Å²) >= 11 is 1.32. The van der Waals surface area contributed by atoms with Crippen LogP contribution < -0.4 is 0 Å². The third-order valence-electron chi connectivity index (χ3n) is 2.29. The number of carbonyl (C=O) groups is 1. The molecule has 1 aliphatic rings. The largest absolute Gasteiger partial charge is 0.465 e. The number of aliphatic hydroxyl groups is 1. The fourth-order valence-corrected chi connectivity index (χ4v) is 2.22. The fraction of sp³-hybridized carbons (Fsp3) is 0.727. The number of rotatable bonds is 6. The van der Waals surface area contributed by atoms with Crippen LogP contribution in [0.3, 0.4) is 0 Å². The van der Waals surface area contributed by atoms with E-state index in [2.05, 4.69) is 6.92 Å². The van der Waals surface area contributed by atoms with Gasteiger partial charge in [0.1, 0.15) is 5.25 Å². The summed E-state index contributed by atoms with van der Waals surface area (Å²) in [7, 11) is 0. The first-order valence-electron chi connectivity index (χ1n) is 5.42. The van der Waals surface area contributed by atoms with Crippen LogP contribution in [0.25, 0.3) is 0 Å². The summed E-state index contributed by atoms with van der Waals surface area (Å²) in [5.74, 6) is -0.297. The lowest BCUT2D eigenvalue weighted by Gasteiger charge is -2.12. The number of aliphatic hydroxyl groups excluding tert-OH is 1. The molecule has 0 aliphatic carbocycles. The van der Waals surface area contributed by atoms with Gasteiger partial charge in [-0.05, 0) is 17.9 Å². The van der Waals surface area contributed by atoms with Crippen molar-refractivity contribution >= 4 is 17.7 Å². The standard InChI is InChI=1S/C11H18O3S/c1-2-3-4-5-7-14-11(13)10-9(12)6-8-15-10/h6,8-10,12H,2-5,7H2,1H3. The van der Waals surface area contributed by atoms with E-state index in [0.29, 0.717) is 6.61 Å². The minimum absolute atomic E-state index is 0.297. The first-order valence-corrected chi connectivity index (χ1v) is 6.37. The molecule has 0 fully saturated rings. The molecule has 2 atom stereocenters. The van der Waals surface area contributed by atoms with Gasteiger partial charge < -0.3 is 9.84 Å². The maximum atomic E-state index is 11.4. The molecule has 15 heavy (non-hydrogen) atoms. The predicted octanol–water partition coefficient (Wildman–Crippen LogP) is 2.10. The van der Waals surface area contributed by atoms with Crippen molar-refractivity contribution in [2.75, 3.05) is 6.61 Å². The van der Waals surface area contributed by atoms with Gasteiger partial charge in [0.15, 0.2) is 0 Å². The average Bonchev–Trinajstić information content (AvgIpc) is 2.64. The van der Waals surface area contributed by atoms with Crippen molar-refractivity contribution in [1.82, 2.24) is 0 Å². The second kappa shape index (κ2) is 6.90. The molecular formula is C11H18O3S. The molecule has 4 heteroatoms. The topological polar surface area (TPSA) is 46.5 Å². The molecule has 0 saturated heterocycles. The number of ether oxygens (including phenoxy) is 1. The van der Waals surface area contributed by atoms with E-state index < -0.39 is 11.4 Å². The highest BCUT2D eigenvalue weighted by atomic mass is 32.2. The zero-order valence-corrected chi connectivity index (χ0v) is 9.83. The summed E-state index contributed by atoms with van der Waals surface area (Å²) in [4.78, 5) is 11.4. The van der Waals surface area contributed by atoms with E-state index in [0.717, 1.165) is 12.8 Å². The van der Waals surface area contributed by atoms with Crippen LogP contribution >= 0.6 is 11.8 Å². The monoisotopic (exact) mass is 230 g/mol. The van der Waals surface area contributed by atoms with Gasteiger partial charge in [-0.1, -0.05) is 26.2 Å². The van der Waals surface area contributed by atoms with E-state index in [-0.39, 0.29) is 5.97 Å². The SMILES string of the molecule is CCCCCCOC(=O)C1SC=CC1O. The van der Waals surface area contributed by atoms with Gasteiger partial charge in [0.2, 0.25) is 0 Å². The summed E-state index contributed by atoms with van der Waals surface area (Å²) in [5.41, 5.74) is 0. The molecule has 1 aliphatic heterocycles. The van der Waals surface area contributed by atoms with Gasteiger partial charge >= 0.3 is 5.97 Å². The zero-order valence-electron chi connectivity index (χ0n) is 9.02. The smallest absolute Gasteiger partial charge is 0.322 e. The Morgan fingerprint density at radius 1 is 1.47 bits per heavy atom. The second-order valence-electron chi connectivity index (χ2n) is 3.60. The van der Waals surface area contributed by atoms with Gasteiger partial charge in [-0.25, -0.2) is 0 Å². The third kappa shape index (κ3) is 4.26.